The van der Waals surface area contributed by atoms with Gasteiger partial charge in [0, 0.05) is 4.88 Å². The Hall–Kier alpha value is -3.56. The Bertz CT molecular complexity index is 1250. The molecule has 9 heteroatoms. The molecule has 2 aromatic carbocycles. The molecule has 0 aliphatic heterocycles. The number of rotatable bonds is 7. The van der Waals surface area contributed by atoms with Crippen LogP contribution < -0.4 is 10.6 Å². The monoisotopic (exact) mass is 477 g/mol. The lowest BCUT2D eigenvalue weighted by molar-refractivity contribution is 0.0528. The van der Waals surface area contributed by atoms with Gasteiger partial charge in [-0.2, -0.15) is 0 Å². The summed E-state index contributed by atoms with van der Waals surface area (Å²) in [5, 5.41) is 11.4. The summed E-state index contributed by atoms with van der Waals surface area (Å²) in [6.07, 6.45) is 1.65. The minimum absolute atomic E-state index is 0.287. The molecule has 0 saturated carbocycles. The highest BCUT2D eigenvalue weighted by Crippen LogP contribution is 2.36. The summed E-state index contributed by atoms with van der Waals surface area (Å²) in [5.74, 6) is -0.0288. The molecule has 0 radical (unpaired) electrons. The Kier molecular flexibility index (Phi) is 7.11. The quantitative estimate of drug-likeness (QED) is 0.274. The number of benzene rings is 2. The SMILES string of the molecule is CCOC(=O)c1cc(-c2ccccc2)sc1NC(=S)Nc1ncn(Cc2ccc(C)cc2)n1. The average molecular weight is 478 g/mol. The van der Waals surface area contributed by atoms with Gasteiger partial charge in [-0.3, -0.25) is 5.32 Å². The molecule has 0 aliphatic carbocycles. The van der Waals surface area contributed by atoms with E-state index < -0.39 is 5.97 Å². The molecule has 168 valence electrons. The second-order valence-corrected chi connectivity index (χ2v) is 8.73. The first-order chi connectivity index (χ1) is 16.0. The van der Waals surface area contributed by atoms with Gasteiger partial charge in [0.05, 0.1) is 18.7 Å². The second-order valence-electron chi connectivity index (χ2n) is 7.27. The van der Waals surface area contributed by atoms with Crippen molar-refractivity contribution in [3.8, 4) is 10.4 Å². The molecular weight excluding hydrogens is 454 g/mol. The first kappa shape index (κ1) is 22.6. The molecule has 33 heavy (non-hydrogen) atoms. The molecule has 0 spiro atoms. The molecule has 2 aromatic heterocycles. The van der Waals surface area contributed by atoms with E-state index in [0.29, 0.717) is 29.7 Å². The van der Waals surface area contributed by atoms with Crippen molar-refractivity contribution in [2.24, 2.45) is 0 Å². The lowest BCUT2D eigenvalue weighted by Gasteiger charge is -2.08. The summed E-state index contributed by atoms with van der Waals surface area (Å²) in [4.78, 5) is 17.7. The molecule has 7 nitrogen and oxygen atoms in total. The fourth-order valence-electron chi connectivity index (χ4n) is 3.13. The van der Waals surface area contributed by atoms with Crippen LogP contribution in [0.3, 0.4) is 0 Å². The maximum atomic E-state index is 12.5. The molecule has 2 heterocycles. The third-order valence-corrected chi connectivity index (χ3v) is 6.04. The zero-order chi connectivity index (χ0) is 23.2. The van der Waals surface area contributed by atoms with Gasteiger partial charge in [-0.25, -0.2) is 14.5 Å². The van der Waals surface area contributed by atoms with E-state index in [1.165, 1.54) is 16.9 Å². The van der Waals surface area contributed by atoms with Gasteiger partial charge in [0.25, 0.3) is 0 Å². The number of anilines is 2. The first-order valence-corrected chi connectivity index (χ1v) is 11.6. The molecule has 0 saturated heterocycles. The zero-order valence-electron chi connectivity index (χ0n) is 18.2. The first-order valence-electron chi connectivity index (χ1n) is 10.4. The van der Waals surface area contributed by atoms with Crippen LogP contribution in [-0.2, 0) is 11.3 Å². The van der Waals surface area contributed by atoms with Gasteiger partial charge in [0.15, 0.2) is 5.11 Å². The van der Waals surface area contributed by atoms with E-state index in [-0.39, 0.29) is 5.11 Å². The smallest absolute Gasteiger partial charge is 0.341 e. The van der Waals surface area contributed by atoms with Crippen LogP contribution in [0.1, 0.15) is 28.4 Å². The van der Waals surface area contributed by atoms with Crippen molar-refractivity contribution >= 4 is 45.6 Å². The van der Waals surface area contributed by atoms with Crippen LogP contribution in [0, 0.1) is 6.92 Å². The summed E-state index contributed by atoms with van der Waals surface area (Å²) in [5.41, 5.74) is 3.78. The number of hydrogen-bond acceptors (Lipinski definition) is 6. The molecule has 0 bridgehead atoms. The summed E-state index contributed by atoms with van der Waals surface area (Å²) >= 11 is 6.88. The van der Waals surface area contributed by atoms with Crippen molar-refractivity contribution in [3.05, 3.63) is 83.7 Å². The van der Waals surface area contributed by atoms with Crippen molar-refractivity contribution < 1.29 is 9.53 Å². The van der Waals surface area contributed by atoms with Crippen LogP contribution in [0.15, 0.2) is 67.0 Å². The number of aromatic nitrogens is 3. The van der Waals surface area contributed by atoms with Crippen LogP contribution in [-0.4, -0.2) is 32.5 Å². The van der Waals surface area contributed by atoms with E-state index in [4.69, 9.17) is 17.0 Å². The minimum Gasteiger partial charge on any atom is -0.462 e. The third-order valence-electron chi connectivity index (χ3n) is 4.74. The Balaban J connectivity index is 1.46. The molecule has 0 unspecified atom stereocenters. The predicted molar refractivity (Wildman–Crippen MR) is 136 cm³/mol. The zero-order valence-corrected chi connectivity index (χ0v) is 19.9. The van der Waals surface area contributed by atoms with E-state index in [1.54, 1.807) is 17.9 Å². The number of carbonyl (C=O) groups is 1. The van der Waals surface area contributed by atoms with E-state index in [0.717, 1.165) is 16.0 Å². The number of ether oxygens (including phenoxy) is 1. The topological polar surface area (TPSA) is 81.1 Å². The summed E-state index contributed by atoms with van der Waals surface area (Å²) in [7, 11) is 0. The Morgan fingerprint density at radius 2 is 1.88 bits per heavy atom. The molecular formula is C24H23N5O2S2. The summed E-state index contributed by atoms with van der Waals surface area (Å²) < 4.78 is 6.96. The highest BCUT2D eigenvalue weighted by Gasteiger charge is 2.19. The number of aryl methyl sites for hydroxylation is 1. The minimum atomic E-state index is -0.401. The van der Waals surface area contributed by atoms with Crippen LogP contribution in [0.2, 0.25) is 0 Å². The van der Waals surface area contributed by atoms with Crippen LogP contribution in [0.4, 0.5) is 10.9 Å². The van der Waals surface area contributed by atoms with Crippen molar-refractivity contribution in [2.75, 3.05) is 17.2 Å². The summed E-state index contributed by atoms with van der Waals surface area (Å²) in [6, 6.07) is 19.9. The van der Waals surface area contributed by atoms with Gasteiger partial charge >= 0.3 is 5.97 Å². The van der Waals surface area contributed by atoms with Crippen molar-refractivity contribution in [2.45, 2.75) is 20.4 Å². The molecule has 0 aliphatic rings. The van der Waals surface area contributed by atoms with E-state index >= 15 is 0 Å². The van der Waals surface area contributed by atoms with Gasteiger partial charge in [-0.05, 0) is 43.3 Å². The molecule has 0 amide bonds. The van der Waals surface area contributed by atoms with Crippen LogP contribution in [0.25, 0.3) is 10.4 Å². The Morgan fingerprint density at radius 3 is 2.61 bits per heavy atom. The van der Waals surface area contributed by atoms with Crippen molar-refractivity contribution in [1.82, 2.24) is 14.8 Å². The number of nitrogens with zero attached hydrogens (tertiary/aromatic N) is 3. The number of thiocarbonyl (C=S) groups is 1. The maximum absolute atomic E-state index is 12.5. The highest BCUT2D eigenvalue weighted by molar-refractivity contribution is 7.80. The highest BCUT2D eigenvalue weighted by atomic mass is 32.1. The Labute approximate surface area is 201 Å². The number of nitrogens with one attached hydrogen (secondary N) is 2. The fourth-order valence-corrected chi connectivity index (χ4v) is 4.45. The van der Waals surface area contributed by atoms with Crippen molar-refractivity contribution in [3.63, 3.8) is 0 Å². The normalized spacial score (nSPS) is 10.6. The maximum Gasteiger partial charge on any atom is 0.341 e. The van der Waals surface area contributed by atoms with E-state index in [1.807, 2.05) is 36.4 Å². The van der Waals surface area contributed by atoms with Gasteiger partial charge in [-0.15, -0.1) is 16.4 Å². The summed E-state index contributed by atoms with van der Waals surface area (Å²) in [6.45, 7) is 4.73. The number of hydrogen-bond donors (Lipinski definition) is 2. The van der Waals surface area contributed by atoms with Crippen molar-refractivity contribution in [1.29, 1.82) is 0 Å². The van der Waals surface area contributed by atoms with Crippen LogP contribution in [0.5, 0.6) is 0 Å². The van der Waals surface area contributed by atoms with Gasteiger partial charge in [-0.1, -0.05) is 60.2 Å². The van der Waals surface area contributed by atoms with E-state index in [2.05, 4.69) is 51.9 Å². The molecule has 0 fully saturated rings. The largest absolute Gasteiger partial charge is 0.462 e. The van der Waals surface area contributed by atoms with Gasteiger partial charge in [0.1, 0.15) is 11.3 Å². The second kappa shape index (κ2) is 10.4. The molecule has 0 atom stereocenters. The standard InChI is InChI=1S/C24H23N5O2S2/c1-3-31-22(30)19-13-20(18-7-5-4-6-8-18)33-21(19)26-24(32)27-23-25-15-29(28-23)14-17-11-9-16(2)10-12-17/h4-13,15H,3,14H2,1-2H3,(H2,26,27,28,32). The van der Waals surface area contributed by atoms with E-state index in [9.17, 15) is 4.79 Å². The van der Waals surface area contributed by atoms with Gasteiger partial charge in [0.2, 0.25) is 5.95 Å². The lowest BCUT2D eigenvalue weighted by Crippen LogP contribution is -2.21. The lowest BCUT2D eigenvalue weighted by atomic mass is 10.1. The number of thiophene rings is 1. The predicted octanol–water partition coefficient (Wildman–Crippen LogP) is 5.35. The molecule has 4 aromatic rings. The molecule has 2 N–H and O–H groups in total. The average Bonchev–Trinajstić information content (AvgIpc) is 3.43. The fraction of sp³-hybridized carbons (Fsp3) is 0.167. The Morgan fingerprint density at radius 1 is 1.12 bits per heavy atom. The van der Waals surface area contributed by atoms with Crippen LogP contribution >= 0.6 is 23.6 Å². The number of carbonyl (C=O) groups excluding carboxylic acids is 1. The number of esters is 1. The van der Waals surface area contributed by atoms with Gasteiger partial charge < -0.3 is 10.1 Å². The third kappa shape index (κ3) is 5.82. The molecule has 4 rings (SSSR count).